The zero-order valence-electron chi connectivity index (χ0n) is 13.1. The monoisotopic (exact) mass is 314 g/mol. The minimum atomic E-state index is -0.875. The van der Waals surface area contributed by atoms with E-state index in [0.29, 0.717) is 11.1 Å². The van der Waals surface area contributed by atoms with Gasteiger partial charge in [0.05, 0.1) is 12.1 Å². The van der Waals surface area contributed by atoms with Gasteiger partial charge in [0.15, 0.2) is 0 Å². The summed E-state index contributed by atoms with van der Waals surface area (Å²) in [6.45, 7) is 3.25. The highest BCUT2D eigenvalue weighted by atomic mass is 19.1. The summed E-state index contributed by atoms with van der Waals surface area (Å²) in [5, 5.41) is 5.27. The maximum Gasteiger partial charge on any atom is 0.251 e. The van der Waals surface area contributed by atoms with E-state index in [2.05, 4.69) is 10.6 Å². The van der Waals surface area contributed by atoms with Crippen molar-refractivity contribution in [1.29, 1.82) is 0 Å². The molecule has 4 nitrogen and oxygen atoms in total. The molecule has 2 aromatic carbocycles. The van der Waals surface area contributed by atoms with Gasteiger partial charge >= 0.3 is 0 Å². The lowest BCUT2D eigenvalue weighted by Gasteiger charge is -2.27. The van der Waals surface area contributed by atoms with Gasteiger partial charge < -0.3 is 10.6 Å². The van der Waals surface area contributed by atoms with Crippen LogP contribution in [-0.2, 0) is 10.3 Å². The molecule has 5 heteroatoms. The Labute approximate surface area is 134 Å². The Morgan fingerprint density at radius 1 is 1.00 bits per heavy atom. The summed E-state index contributed by atoms with van der Waals surface area (Å²) in [6, 6.07) is 14.9. The van der Waals surface area contributed by atoms with Crippen LogP contribution in [0.5, 0.6) is 0 Å². The molecule has 0 spiro atoms. The first-order valence-electron chi connectivity index (χ1n) is 7.29. The molecule has 0 aliphatic heterocycles. The van der Waals surface area contributed by atoms with Gasteiger partial charge in [0, 0.05) is 11.1 Å². The summed E-state index contributed by atoms with van der Waals surface area (Å²) in [5.41, 5.74) is -0.00343. The molecule has 0 aliphatic carbocycles. The van der Waals surface area contributed by atoms with Gasteiger partial charge in [-0.2, -0.15) is 0 Å². The largest absolute Gasteiger partial charge is 0.346 e. The Bertz CT molecular complexity index is 699. The van der Waals surface area contributed by atoms with Crippen LogP contribution in [0.3, 0.4) is 0 Å². The Morgan fingerprint density at radius 2 is 1.61 bits per heavy atom. The van der Waals surface area contributed by atoms with E-state index in [1.807, 2.05) is 0 Å². The van der Waals surface area contributed by atoms with Gasteiger partial charge in [-0.3, -0.25) is 9.59 Å². The Morgan fingerprint density at radius 3 is 2.26 bits per heavy atom. The molecule has 2 rings (SSSR count). The Hall–Kier alpha value is -2.69. The fourth-order valence-corrected chi connectivity index (χ4v) is 2.28. The molecule has 23 heavy (non-hydrogen) atoms. The molecular formula is C18H19FN2O2. The van der Waals surface area contributed by atoms with Crippen LogP contribution >= 0.6 is 0 Å². The smallest absolute Gasteiger partial charge is 0.251 e. The van der Waals surface area contributed by atoms with E-state index in [9.17, 15) is 14.0 Å². The van der Waals surface area contributed by atoms with Crippen LogP contribution in [0.1, 0.15) is 29.8 Å². The number of amides is 2. The number of benzene rings is 2. The molecule has 2 N–H and O–H groups in total. The van der Waals surface area contributed by atoms with Crippen molar-refractivity contribution in [2.45, 2.75) is 19.4 Å². The summed E-state index contributed by atoms with van der Waals surface area (Å²) in [6.07, 6.45) is 0. The maximum absolute atomic E-state index is 13.9. The molecule has 120 valence electrons. The third kappa shape index (κ3) is 4.39. The molecule has 0 saturated heterocycles. The number of nitrogens with one attached hydrogen (secondary N) is 2. The van der Waals surface area contributed by atoms with Crippen LogP contribution in [0.25, 0.3) is 0 Å². The Balaban J connectivity index is 1.94. The average Bonchev–Trinajstić information content (AvgIpc) is 2.53. The molecule has 0 saturated carbocycles. The lowest BCUT2D eigenvalue weighted by atomic mass is 9.93. The summed E-state index contributed by atoms with van der Waals surface area (Å²) in [5.74, 6) is -1.10. The fourth-order valence-electron chi connectivity index (χ4n) is 2.28. The highest BCUT2D eigenvalue weighted by Crippen LogP contribution is 2.22. The number of hydrogen-bond acceptors (Lipinski definition) is 2. The molecule has 0 atom stereocenters. The van der Waals surface area contributed by atoms with Crippen LogP contribution in [-0.4, -0.2) is 18.4 Å². The van der Waals surface area contributed by atoms with E-state index in [1.165, 1.54) is 6.07 Å². The molecule has 0 heterocycles. The van der Waals surface area contributed by atoms with E-state index in [4.69, 9.17) is 0 Å². The van der Waals surface area contributed by atoms with Crippen molar-refractivity contribution in [1.82, 2.24) is 10.6 Å². The van der Waals surface area contributed by atoms with Gasteiger partial charge in [-0.05, 0) is 32.0 Å². The second-order valence-electron chi connectivity index (χ2n) is 5.70. The quantitative estimate of drug-likeness (QED) is 0.891. The minimum absolute atomic E-state index is 0.175. The summed E-state index contributed by atoms with van der Waals surface area (Å²) >= 11 is 0. The maximum atomic E-state index is 13.9. The van der Waals surface area contributed by atoms with Crippen molar-refractivity contribution in [3.8, 4) is 0 Å². The number of hydrogen-bond donors (Lipinski definition) is 2. The summed E-state index contributed by atoms with van der Waals surface area (Å²) in [7, 11) is 0. The van der Waals surface area contributed by atoms with Crippen LogP contribution in [0.2, 0.25) is 0 Å². The first-order chi connectivity index (χ1) is 10.9. The van der Waals surface area contributed by atoms with Crippen molar-refractivity contribution in [3.05, 3.63) is 71.5 Å². The molecule has 2 amide bonds. The van der Waals surface area contributed by atoms with Crippen molar-refractivity contribution < 1.29 is 14.0 Å². The lowest BCUT2D eigenvalue weighted by molar-refractivity contribution is -0.121. The molecule has 0 aromatic heterocycles. The zero-order valence-corrected chi connectivity index (χ0v) is 13.1. The molecule has 0 unspecified atom stereocenters. The highest BCUT2D eigenvalue weighted by Gasteiger charge is 2.25. The van der Waals surface area contributed by atoms with Gasteiger partial charge in [-0.25, -0.2) is 4.39 Å². The van der Waals surface area contributed by atoms with Gasteiger partial charge in [0.1, 0.15) is 5.82 Å². The van der Waals surface area contributed by atoms with Crippen molar-refractivity contribution in [3.63, 3.8) is 0 Å². The summed E-state index contributed by atoms with van der Waals surface area (Å²) < 4.78 is 13.9. The molecule has 2 aromatic rings. The molecule has 0 fully saturated rings. The highest BCUT2D eigenvalue weighted by molar-refractivity contribution is 5.96. The van der Waals surface area contributed by atoms with Crippen LogP contribution in [0, 0.1) is 5.82 Å². The minimum Gasteiger partial charge on any atom is -0.346 e. The third-order valence-corrected chi connectivity index (χ3v) is 3.44. The van der Waals surface area contributed by atoms with Crippen LogP contribution in [0.15, 0.2) is 54.6 Å². The molecule has 0 aliphatic rings. The molecule has 0 radical (unpaired) electrons. The number of carbonyl (C=O) groups is 2. The standard InChI is InChI=1S/C18H19FN2O2/c1-18(2,14-10-6-7-11-15(14)19)21-16(22)12-20-17(23)13-8-4-3-5-9-13/h3-11H,12H2,1-2H3,(H,20,23)(H,21,22). The predicted molar refractivity (Wildman–Crippen MR) is 86.3 cm³/mol. The van der Waals surface area contributed by atoms with E-state index >= 15 is 0 Å². The number of rotatable bonds is 5. The molecular weight excluding hydrogens is 295 g/mol. The predicted octanol–water partition coefficient (Wildman–Crippen LogP) is 2.61. The van der Waals surface area contributed by atoms with E-state index in [-0.39, 0.29) is 24.2 Å². The van der Waals surface area contributed by atoms with Crippen LogP contribution < -0.4 is 10.6 Å². The zero-order chi connectivity index (χ0) is 16.9. The van der Waals surface area contributed by atoms with Gasteiger partial charge in [0.25, 0.3) is 5.91 Å². The van der Waals surface area contributed by atoms with Gasteiger partial charge in [-0.15, -0.1) is 0 Å². The van der Waals surface area contributed by atoms with Crippen LogP contribution in [0.4, 0.5) is 4.39 Å². The number of halogens is 1. The van der Waals surface area contributed by atoms with Crippen molar-refractivity contribution >= 4 is 11.8 Å². The second kappa shape index (κ2) is 7.05. The third-order valence-electron chi connectivity index (χ3n) is 3.44. The second-order valence-corrected chi connectivity index (χ2v) is 5.70. The topological polar surface area (TPSA) is 58.2 Å². The summed E-state index contributed by atoms with van der Waals surface area (Å²) in [4.78, 5) is 23.9. The fraction of sp³-hybridized carbons (Fsp3) is 0.222. The first-order valence-corrected chi connectivity index (χ1v) is 7.29. The van der Waals surface area contributed by atoms with Gasteiger partial charge in [0.2, 0.25) is 5.91 Å². The number of carbonyl (C=O) groups excluding carboxylic acids is 2. The van der Waals surface area contributed by atoms with Crippen molar-refractivity contribution in [2.24, 2.45) is 0 Å². The van der Waals surface area contributed by atoms with E-state index < -0.39 is 5.54 Å². The van der Waals surface area contributed by atoms with E-state index in [1.54, 1.807) is 62.4 Å². The van der Waals surface area contributed by atoms with Gasteiger partial charge in [-0.1, -0.05) is 36.4 Å². The van der Waals surface area contributed by atoms with E-state index in [0.717, 1.165) is 0 Å². The van der Waals surface area contributed by atoms with Crippen molar-refractivity contribution in [2.75, 3.05) is 6.54 Å². The molecule has 0 bridgehead atoms. The lowest BCUT2D eigenvalue weighted by Crippen LogP contribution is -2.46. The first kappa shape index (κ1) is 16.7. The Kier molecular flexibility index (Phi) is 5.11. The SMILES string of the molecule is CC(C)(NC(=O)CNC(=O)c1ccccc1)c1ccccc1F. The normalized spacial score (nSPS) is 10.9. The average molecular weight is 314 g/mol.